The quantitative estimate of drug-likeness (QED) is 0.708. The Morgan fingerprint density at radius 3 is 2.94 bits per heavy atom. The molecule has 0 aliphatic carbocycles. The zero-order valence-electron chi connectivity index (χ0n) is 9.98. The third-order valence-electron chi connectivity index (χ3n) is 3.86. The summed E-state index contributed by atoms with van der Waals surface area (Å²) in [5.41, 5.74) is 0. The summed E-state index contributed by atoms with van der Waals surface area (Å²) in [6.07, 6.45) is 2.75. The van der Waals surface area contributed by atoms with Crippen LogP contribution in [0.4, 0.5) is 0 Å². The Morgan fingerprint density at radius 1 is 1.50 bits per heavy atom. The number of rotatable bonds is 2. The van der Waals surface area contributed by atoms with Crippen LogP contribution in [0.3, 0.4) is 0 Å². The topological polar surface area (TPSA) is 52.6 Å². The van der Waals surface area contributed by atoms with Crippen LogP contribution in [0, 0.1) is 11.8 Å². The fourth-order valence-electron chi connectivity index (χ4n) is 2.73. The molecule has 0 saturated carbocycles. The molecule has 16 heavy (non-hydrogen) atoms. The molecule has 4 heteroatoms. The molecule has 0 spiro atoms. The molecule has 2 aliphatic heterocycles. The van der Waals surface area contributed by atoms with Crippen LogP contribution in [0.2, 0.25) is 0 Å². The summed E-state index contributed by atoms with van der Waals surface area (Å²) >= 11 is 0. The van der Waals surface area contributed by atoms with E-state index >= 15 is 0 Å². The molecule has 2 fully saturated rings. The minimum absolute atomic E-state index is 0.174. The minimum Gasteiger partial charge on any atom is -0.393 e. The molecule has 2 aliphatic rings. The van der Waals surface area contributed by atoms with Crippen molar-refractivity contribution >= 4 is 5.91 Å². The second-order valence-electron chi connectivity index (χ2n) is 5.12. The summed E-state index contributed by atoms with van der Waals surface area (Å²) < 4.78 is 0. The molecular formula is C12H22N2O2. The van der Waals surface area contributed by atoms with Crippen molar-refractivity contribution < 1.29 is 9.90 Å². The van der Waals surface area contributed by atoms with Gasteiger partial charge in [-0.25, -0.2) is 0 Å². The van der Waals surface area contributed by atoms with Gasteiger partial charge < -0.3 is 15.3 Å². The fraction of sp³-hybridized carbons (Fsp3) is 0.917. The second kappa shape index (κ2) is 5.15. The Hall–Kier alpha value is -0.610. The number of aliphatic hydroxyl groups is 1. The lowest BCUT2D eigenvalue weighted by molar-refractivity contribution is -0.137. The van der Waals surface area contributed by atoms with Crippen LogP contribution in [0.15, 0.2) is 0 Å². The van der Waals surface area contributed by atoms with E-state index in [2.05, 4.69) is 5.32 Å². The van der Waals surface area contributed by atoms with Crippen LogP contribution in [0.1, 0.15) is 26.2 Å². The van der Waals surface area contributed by atoms with Gasteiger partial charge in [0, 0.05) is 25.6 Å². The van der Waals surface area contributed by atoms with Crippen molar-refractivity contribution in [3.63, 3.8) is 0 Å². The van der Waals surface area contributed by atoms with E-state index < -0.39 is 0 Å². The van der Waals surface area contributed by atoms with Crippen molar-refractivity contribution in [3.05, 3.63) is 0 Å². The molecule has 2 saturated heterocycles. The normalized spacial score (nSPS) is 32.8. The Balaban J connectivity index is 1.90. The molecule has 0 radical (unpaired) electrons. The summed E-state index contributed by atoms with van der Waals surface area (Å²) in [6, 6.07) is 0. The first kappa shape index (κ1) is 11.9. The monoisotopic (exact) mass is 226 g/mol. The molecule has 2 N–H and O–H groups in total. The number of piperidine rings is 1. The Bertz CT molecular complexity index is 249. The van der Waals surface area contributed by atoms with Crippen molar-refractivity contribution in [2.75, 3.05) is 26.2 Å². The van der Waals surface area contributed by atoms with Gasteiger partial charge in [0.25, 0.3) is 0 Å². The molecule has 0 aromatic rings. The van der Waals surface area contributed by atoms with Gasteiger partial charge in [-0.1, -0.05) is 0 Å². The first-order chi connectivity index (χ1) is 7.68. The number of carbonyl (C=O) groups excluding carboxylic acids is 1. The van der Waals surface area contributed by atoms with Crippen molar-refractivity contribution in [2.45, 2.75) is 32.3 Å². The van der Waals surface area contributed by atoms with Crippen molar-refractivity contribution in [1.29, 1.82) is 0 Å². The summed E-state index contributed by atoms with van der Waals surface area (Å²) in [5.74, 6) is 0.732. The number of carbonyl (C=O) groups is 1. The molecule has 2 heterocycles. The minimum atomic E-state index is -0.294. The lowest BCUT2D eigenvalue weighted by atomic mass is 9.92. The predicted octanol–water partition coefficient (Wildman–Crippen LogP) is 0.215. The summed E-state index contributed by atoms with van der Waals surface area (Å²) in [4.78, 5) is 14.1. The smallest absolute Gasteiger partial charge is 0.227 e. The molecule has 4 nitrogen and oxygen atoms in total. The molecule has 2 rings (SSSR count). The summed E-state index contributed by atoms with van der Waals surface area (Å²) in [7, 11) is 0. The van der Waals surface area contributed by atoms with Gasteiger partial charge in [-0.3, -0.25) is 4.79 Å². The Morgan fingerprint density at radius 2 is 2.31 bits per heavy atom. The van der Waals surface area contributed by atoms with E-state index in [1.165, 1.54) is 0 Å². The van der Waals surface area contributed by atoms with Crippen molar-refractivity contribution in [2.24, 2.45) is 11.8 Å². The highest BCUT2D eigenvalue weighted by molar-refractivity contribution is 5.79. The average Bonchev–Trinajstić information content (AvgIpc) is 2.81. The van der Waals surface area contributed by atoms with Crippen LogP contribution in [0.5, 0.6) is 0 Å². The van der Waals surface area contributed by atoms with E-state index in [1.807, 2.05) is 11.8 Å². The number of amides is 1. The molecule has 92 valence electrons. The van der Waals surface area contributed by atoms with E-state index in [0.717, 1.165) is 45.4 Å². The van der Waals surface area contributed by atoms with Gasteiger partial charge in [-0.15, -0.1) is 0 Å². The number of hydrogen-bond acceptors (Lipinski definition) is 3. The number of nitrogens with zero attached hydrogens (tertiary/aromatic N) is 1. The average molecular weight is 226 g/mol. The highest BCUT2D eigenvalue weighted by Gasteiger charge is 2.31. The molecule has 0 aromatic heterocycles. The third kappa shape index (κ3) is 2.55. The number of hydrogen-bond donors (Lipinski definition) is 2. The number of likely N-dealkylation sites (tertiary alicyclic amines) is 1. The molecule has 0 bridgehead atoms. The highest BCUT2D eigenvalue weighted by atomic mass is 16.3. The molecule has 1 amide bonds. The molecule has 0 aromatic carbocycles. The maximum Gasteiger partial charge on any atom is 0.227 e. The van der Waals surface area contributed by atoms with E-state index in [0.29, 0.717) is 0 Å². The van der Waals surface area contributed by atoms with E-state index in [-0.39, 0.29) is 23.8 Å². The van der Waals surface area contributed by atoms with Gasteiger partial charge >= 0.3 is 0 Å². The molecule has 0 unspecified atom stereocenters. The lowest BCUT2D eigenvalue weighted by Crippen LogP contribution is -2.45. The first-order valence-electron chi connectivity index (χ1n) is 6.36. The predicted molar refractivity (Wildman–Crippen MR) is 62.0 cm³/mol. The zero-order chi connectivity index (χ0) is 11.5. The van der Waals surface area contributed by atoms with E-state index in [4.69, 9.17) is 0 Å². The van der Waals surface area contributed by atoms with Gasteiger partial charge in [0.1, 0.15) is 0 Å². The summed E-state index contributed by atoms with van der Waals surface area (Å²) in [5, 5.41) is 12.8. The Kier molecular flexibility index (Phi) is 3.82. The van der Waals surface area contributed by atoms with Crippen LogP contribution < -0.4 is 5.32 Å². The SMILES string of the molecule is C[C@H](O)[C@@H]1CCCN(C(=O)[C@@H]2CCNC2)C1. The van der Waals surface area contributed by atoms with Gasteiger partial charge in [-0.2, -0.15) is 0 Å². The maximum absolute atomic E-state index is 12.2. The second-order valence-corrected chi connectivity index (χ2v) is 5.12. The third-order valence-corrected chi connectivity index (χ3v) is 3.86. The van der Waals surface area contributed by atoms with Gasteiger partial charge in [0.15, 0.2) is 0 Å². The van der Waals surface area contributed by atoms with Gasteiger partial charge in [0.05, 0.1) is 12.0 Å². The Labute approximate surface area is 97.0 Å². The molecular weight excluding hydrogens is 204 g/mol. The first-order valence-corrected chi connectivity index (χ1v) is 6.36. The van der Waals surface area contributed by atoms with Crippen LogP contribution >= 0.6 is 0 Å². The molecule has 3 atom stereocenters. The van der Waals surface area contributed by atoms with Crippen LogP contribution in [0.25, 0.3) is 0 Å². The standard InChI is InChI=1S/C12H22N2O2/c1-9(15)11-3-2-6-14(8-11)12(16)10-4-5-13-7-10/h9-11,13,15H,2-8H2,1H3/t9-,10+,11+/m0/s1. The largest absolute Gasteiger partial charge is 0.393 e. The lowest BCUT2D eigenvalue weighted by Gasteiger charge is -2.35. The summed E-state index contributed by atoms with van der Waals surface area (Å²) in [6.45, 7) is 5.24. The van der Waals surface area contributed by atoms with E-state index in [1.54, 1.807) is 0 Å². The van der Waals surface area contributed by atoms with Gasteiger partial charge in [0.2, 0.25) is 5.91 Å². The van der Waals surface area contributed by atoms with Crippen molar-refractivity contribution in [3.8, 4) is 0 Å². The van der Waals surface area contributed by atoms with Crippen LogP contribution in [-0.4, -0.2) is 48.2 Å². The zero-order valence-corrected chi connectivity index (χ0v) is 9.98. The van der Waals surface area contributed by atoms with E-state index in [9.17, 15) is 9.90 Å². The van der Waals surface area contributed by atoms with Crippen molar-refractivity contribution in [1.82, 2.24) is 10.2 Å². The number of aliphatic hydroxyl groups excluding tert-OH is 1. The number of nitrogens with one attached hydrogen (secondary N) is 1. The highest BCUT2D eigenvalue weighted by Crippen LogP contribution is 2.22. The van der Waals surface area contributed by atoms with Crippen LogP contribution in [-0.2, 0) is 4.79 Å². The maximum atomic E-state index is 12.2. The fourth-order valence-corrected chi connectivity index (χ4v) is 2.73. The van der Waals surface area contributed by atoms with Gasteiger partial charge in [-0.05, 0) is 32.7 Å².